The van der Waals surface area contributed by atoms with Crippen molar-refractivity contribution in [3.05, 3.63) is 82.9 Å². The molecule has 3 aromatic carbocycles. The highest BCUT2D eigenvalue weighted by Crippen LogP contribution is 2.39. The summed E-state index contributed by atoms with van der Waals surface area (Å²) in [6.07, 6.45) is 0.700. The van der Waals surface area contributed by atoms with E-state index in [1.165, 1.54) is 6.07 Å². The molecule has 0 aromatic heterocycles. The summed E-state index contributed by atoms with van der Waals surface area (Å²) in [5, 5.41) is 39.6. The molecule has 0 amide bonds. The van der Waals surface area contributed by atoms with Crippen LogP contribution in [0.3, 0.4) is 0 Å². The number of aromatic hydroxyl groups is 4. The van der Waals surface area contributed by atoms with Crippen LogP contribution >= 0.6 is 0 Å². The second-order valence-electron chi connectivity index (χ2n) is 7.05. The van der Waals surface area contributed by atoms with E-state index in [2.05, 4.69) is 0 Å². The Morgan fingerprint density at radius 2 is 1.19 bits per heavy atom. The average Bonchev–Trinajstić information content (AvgIpc) is 2.63. The number of phenolic OH excluding ortho intramolecular Hbond substituents is 4. The largest absolute Gasteiger partial charge is 0.508 e. The molecule has 2 atom stereocenters. The van der Waals surface area contributed by atoms with Crippen molar-refractivity contribution in [3.63, 3.8) is 0 Å². The molecule has 0 radical (unpaired) electrons. The maximum atomic E-state index is 10.4. The quantitative estimate of drug-likeness (QED) is 0.513. The SMILES string of the molecule is CC(Cc1ccc(O)cc1)c1cc(C(C)c2ccc(O)cc2)c(O)cc1O. The summed E-state index contributed by atoms with van der Waals surface area (Å²) in [6, 6.07) is 17.2. The minimum atomic E-state index is -0.0918. The third-order valence-corrected chi connectivity index (χ3v) is 5.04. The van der Waals surface area contributed by atoms with Crippen molar-refractivity contribution >= 4 is 0 Å². The van der Waals surface area contributed by atoms with Crippen molar-refractivity contribution in [3.8, 4) is 23.0 Å². The Bertz CT molecular complexity index is 914. The lowest BCUT2D eigenvalue weighted by Gasteiger charge is -2.20. The number of benzene rings is 3. The fraction of sp³-hybridized carbons (Fsp3) is 0.217. The van der Waals surface area contributed by atoms with Crippen LogP contribution in [0.2, 0.25) is 0 Å². The highest BCUT2D eigenvalue weighted by atomic mass is 16.3. The Kier molecular flexibility index (Phi) is 5.26. The molecule has 0 fully saturated rings. The first kappa shape index (κ1) is 18.6. The third kappa shape index (κ3) is 4.17. The predicted octanol–water partition coefficient (Wildman–Crippen LogP) is 5.01. The number of rotatable bonds is 5. The molecule has 27 heavy (non-hydrogen) atoms. The Morgan fingerprint density at radius 3 is 1.78 bits per heavy atom. The van der Waals surface area contributed by atoms with Crippen LogP contribution in [0.25, 0.3) is 0 Å². The van der Waals surface area contributed by atoms with Crippen molar-refractivity contribution in [2.45, 2.75) is 32.1 Å². The smallest absolute Gasteiger partial charge is 0.123 e. The molecule has 3 rings (SSSR count). The van der Waals surface area contributed by atoms with E-state index in [-0.39, 0.29) is 34.8 Å². The van der Waals surface area contributed by atoms with Crippen LogP contribution in [-0.2, 0) is 6.42 Å². The van der Waals surface area contributed by atoms with E-state index in [1.54, 1.807) is 24.3 Å². The van der Waals surface area contributed by atoms with Gasteiger partial charge >= 0.3 is 0 Å². The molecule has 0 aliphatic carbocycles. The molecule has 0 bridgehead atoms. The van der Waals surface area contributed by atoms with Crippen LogP contribution in [0.5, 0.6) is 23.0 Å². The van der Waals surface area contributed by atoms with Gasteiger partial charge in [0, 0.05) is 17.5 Å². The predicted molar refractivity (Wildman–Crippen MR) is 106 cm³/mol. The van der Waals surface area contributed by atoms with E-state index < -0.39 is 0 Å². The van der Waals surface area contributed by atoms with Crippen LogP contribution in [0.15, 0.2) is 60.7 Å². The van der Waals surface area contributed by atoms with Gasteiger partial charge in [-0.1, -0.05) is 38.1 Å². The molecule has 0 heterocycles. The summed E-state index contributed by atoms with van der Waals surface area (Å²) in [7, 11) is 0. The molecule has 4 nitrogen and oxygen atoms in total. The minimum Gasteiger partial charge on any atom is -0.508 e. The first-order valence-electron chi connectivity index (χ1n) is 8.97. The molecule has 0 saturated heterocycles. The lowest BCUT2D eigenvalue weighted by atomic mass is 9.86. The van der Waals surface area contributed by atoms with Crippen molar-refractivity contribution in [2.75, 3.05) is 0 Å². The van der Waals surface area contributed by atoms with Gasteiger partial charge in [-0.05, 0) is 59.4 Å². The van der Waals surface area contributed by atoms with Gasteiger partial charge in [-0.3, -0.25) is 0 Å². The van der Waals surface area contributed by atoms with Gasteiger partial charge in [0.05, 0.1) is 0 Å². The number of phenols is 4. The minimum absolute atomic E-state index is 0.0286. The van der Waals surface area contributed by atoms with Gasteiger partial charge in [0.2, 0.25) is 0 Å². The molecule has 0 aliphatic heterocycles. The Balaban J connectivity index is 1.90. The van der Waals surface area contributed by atoms with E-state index in [0.29, 0.717) is 6.42 Å². The van der Waals surface area contributed by atoms with E-state index in [4.69, 9.17) is 0 Å². The van der Waals surface area contributed by atoms with E-state index in [9.17, 15) is 20.4 Å². The third-order valence-electron chi connectivity index (χ3n) is 5.04. The average molecular weight is 364 g/mol. The fourth-order valence-corrected chi connectivity index (χ4v) is 3.39. The summed E-state index contributed by atoms with van der Waals surface area (Å²) >= 11 is 0. The maximum Gasteiger partial charge on any atom is 0.123 e. The van der Waals surface area contributed by atoms with Gasteiger partial charge < -0.3 is 20.4 Å². The van der Waals surface area contributed by atoms with Crippen molar-refractivity contribution in [2.24, 2.45) is 0 Å². The van der Waals surface area contributed by atoms with Gasteiger partial charge in [0.15, 0.2) is 0 Å². The molecule has 4 heteroatoms. The van der Waals surface area contributed by atoms with E-state index in [0.717, 1.165) is 22.3 Å². The second-order valence-corrected chi connectivity index (χ2v) is 7.05. The van der Waals surface area contributed by atoms with Crippen molar-refractivity contribution in [1.29, 1.82) is 0 Å². The van der Waals surface area contributed by atoms with Crippen LogP contribution in [0.4, 0.5) is 0 Å². The Morgan fingerprint density at radius 1 is 0.667 bits per heavy atom. The normalized spacial score (nSPS) is 13.3. The molecular formula is C23H24O4. The van der Waals surface area contributed by atoms with Gasteiger partial charge in [-0.2, -0.15) is 0 Å². The first-order chi connectivity index (χ1) is 12.8. The van der Waals surface area contributed by atoms with Gasteiger partial charge in [0.1, 0.15) is 23.0 Å². The summed E-state index contributed by atoms with van der Waals surface area (Å²) in [5.74, 6) is 0.480. The molecule has 2 unspecified atom stereocenters. The maximum absolute atomic E-state index is 10.4. The van der Waals surface area contributed by atoms with E-state index >= 15 is 0 Å². The summed E-state index contributed by atoms with van der Waals surface area (Å²) in [5.41, 5.74) is 3.51. The molecule has 0 aliphatic rings. The summed E-state index contributed by atoms with van der Waals surface area (Å²) in [4.78, 5) is 0. The van der Waals surface area contributed by atoms with Crippen LogP contribution in [-0.4, -0.2) is 20.4 Å². The zero-order chi connectivity index (χ0) is 19.6. The summed E-state index contributed by atoms with van der Waals surface area (Å²) in [6.45, 7) is 4.00. The lowest BCUT2D eigenvalue weighted by molar-refractivity contribution is 0.437. The zero-order valence-corrected chi connectivity index (χ0v) is 15.4. The highest BCUT2D eigenvalue weighted by molar-refractivity contribution is 5.51. The van der Waals surface area contributed by atoms with Gasteiger partial charge in [-0.25, -0.2) is 0 Å². The highest BCUT2D eigenvalue weighted by Gasteiger charge is 2.19. The zero-order valence-electron chi connectivity index (χ0n) is 15.4. The Labute approximate surface area is 159 Å². The topological polar surface area (TPSA) is 80.9 Å². The molecule has 0 spiro atoms. The Hall–Kier alpha value is -3.14. The van der Waals surface area contributed by atoms with Crippen LogP contribution < -0.4 is 0 Å². The number of hydrogen-bond acceptors (Lipinski definition) is 4. The summed E-state index contributed by atoms with van der Waals surface area (Å²) < 4.78 is 0. The molecule has 0 saturated carbocycles. The molecule has 140 valence electrons. The van der Waals surface area contributed by atoms with Crippen molar-refractivity contribution in [1.82, 2.24) is 0 Å². The molecule has 4 N–H and O–H groups in total. The standard InChI is InChI=1S/C23H24O4/c1-14(11-16-3-7-18(24)8-4-16)20-12-21(23(27)13-22(20)26)15(2)17-5-9-19(25)10-6-17/h3-10,12-15,24-27H,11H2,1-2H3. The van der Waals surface area contributed by atoms with Crippen LogP contribution in [0.1, 0.15) is 47.9 Å². The van der Waals surface area contributed by atoms with Crippen molar-refractivity contribution < 1.29 is 20.4 Å². The molecule has 3 aromatic rings. The molecular weight excluding hydrogens is 340 g/mol. The first-order valence-corrected chi connectivity index (χ1v) is 8.97. The monoisotopic (exact) mass is 364 g/mol. The second kappa shape index (κ2) is 7.62. The lowest BCUT2D eigenvalue weighted by Crippen LogP contribution is -2.03. The van der Waals surface area contributed by atoms with Gasteiger partial charge in [0.25, 0.3) is 0 Å². The van der Waals surface area contributed by atoms with Gasteiger partial charge in [-0.15, -0.1) is 0 Å². The number of hydrogen-bond donors (Lipinski definition) is 4. The van der Waals surface area contributed by atoms with Crippen LogP contribution in [0, 0.1) is 0 Å². The van der Waals surface area contributed by atoms with E-state index in [1.807, 2.05) is 44.2 Å². The fourth-order valence-electron chi connectivity index (χ4n) is 3.39.